The molecule has 0 fully saturated rings. The van der Waals surface area contributed by atoms with Gasteiger partial charge in [0.2, 0.25) is 6.43 Å². The molecule has 0 aromatic carbocycles. The molecule has 0 aliphatic rings. The third-order valence-electron chi connectivity index (χ3n) is 2.88. The molecule has 0 radical (unpaired) electrons. The topological polar surface area (TPSA) is 42.2 Å². The van der Waals surface area contributed by atoms with Crippen LogP contribution < -0.4 is 5.32 Å². The predicted octanol–water partition coefficient (Wildman–Crippen LogP) is 3.58. The van der Waals surface area contributed by atoms with E-state index in [0.29, 0.717) is 17.9 Å². The Bertz CT molecular complexity index is 558. The quantitative estimate of drug-likeness (QED) is 0.909. The molecule has 0 saturated heterocycles. The molecule has 2 aromatic heterocycles. The van der Waals surface area contributed by atoms with Gasteiger partial charge in [0, 0.05) is 18.2 Å². The van der Waals surface area contributed by atoms with Crippen LogP contribution in [0.15, 0.2) is 22.9 Å². The van der Waals surface area contributed by atoms with Crippen molar-refractivity contribution in [2.45, 2.75) is 32.7 Å². The van der Waals surface area contributed by atoms with Crippen LogP contribution >= 0.6 is 15.9 Å². The number of rotatable bonds is 5. The summed E-state index contributed by atoms with van der Waals surface area (Å²) in [5.74, 6) is 0.0237. The molecule has 7 heteroatoms. The van der Waals surface area contributed by atoms with E-state index in [4.69, 9.17) is 0 Å². The summed E-state index contributed by atoms with van der Waals surface area (Å²) in [6, 6.07) is 1.70. The average molecular weight is 333 g/mol. The van der Waals surface area contributed by atoms with E-state index in [1.165, 1.54) is 0 Å². The van der Waals surface area contributed by atoms with Gasteiger partial charge in [-0.05, 0) is 35.3 Å². The zero-order chi connectivity index (χ0) is 14.0. The molecule has 104 valence electrons. The van der Waals surface area contributed by atoms with E-state index in [-0.39, 0.29) is 6.04 Å². The summed E-state index contributed by atoms with van der Waals surface area (Å²) >= 11 is 3.35. The van der Waals surface area contributed by atoms with Gasteiger partial charge in [-0.25, -0.2) is 18.3 Å². The van der Waals surface area contributed by atoms with Crippen LogP contribution in [0.2, 0.25) is 0 Å². The lowest BCUT2D eigenvalue weighted by Crippen LogP contribution is -2.22. The number of hydrogen-bond donors (Lipinski definition) is 1. The standard InChI is InChI=1S/C12H15BrF2N4/c1-7(11(14)15)5-8(2)17-10-3-4-19-12(18-10)9(13)6-16-19/h3-4,6-8,11H,5H2,1-2H3,(H,17,18). The van der Waals surface area contributed by atoms with E-state index in [9.17, 15) is 8.78 Å². The number of nitrogens with zero attached hydrogens (tertiary/aromatic N) is 3. The van der Waals surface area contributed by atoms with Gasteiger partial charge in [0.25, 0.3) is 0 Å². The fourth-order valence-electron chi connectivity index (χ4n) is 1.89. The van der Waals surface area contributed by atoms with Crippen molar-refractivity contribution in [1.82, 2.24) is 14.6 Å². The van der Waals surface area contributed by atoms with Gasteiger partial charge in [-0.1, -0.05) is 6.92 Å². The second kappa shape index (κ2) is 5.81. The lowest BCUT2D eigenvalue weighted by Gasteiger charge is -2.18. The third kappa shape index (κ3) is 3.40. The lowest BCUT2D eigenvalue weighted by atomic mass is 10.0. The summed E-state index contributed by atoms with van der Waals surface area (Å²) < 4.78 is 27.4. The maximum atomic E-state index is 12.5. The summed E-state index contributed by atoms with van der Waals surface area (Å²) in [7, 11) is 0. The summed E-state index contributed by atoms with van der Waals surface area (Å²) in [6.07, 6.45) is 1.54. The van der Waals surface area contributed by atoms with Crippen molar-refractivity contribution >= 4 is 27.4 Å². The number of halogens is 3. The van der Waals surface area contributed by atoms with Crippen molar-refractivity contribution < 1.29 is 8.78 Å². The first-order valence-corrected chi connectivity index (χ1v) is 6.81. The van der Waals surface area contributed by atoms with Gasteiger partial charge in [0.05, 0.1) is 10.7 Å². The fourth-order valence-corrected chi connectivity index (χ4v) is 2.26. The Morgan fingerprint density at radius 2 is 2.16 bits per heavy atom. The van der Waals surface area contributed by atoms with Crippen LogP contribution in [0.25, 0.3) is 5.65 Å². The molecule has 2 heterocycles. The van der Waals surface area contributed by atoms with Gasteiger partial charge in [0.1, 0.15) is 5.82 Å². The second-order valence-corrected chi connectivity index (χ2v) is 5.52. The minimum absolute atomic E-state index is 0.0688. The monoisotopic (exact) mass is 332 g/mol. The van der Waals surface area contributed by atoms with Gasteiger partial charge >= 0.3 is 0 Å². The van der Waals surface area contributed by atoms with Gasteiger partial charge in [-0.3, -0.25) is 0 Å². The fraction of sp³-hybridized carbons (Fsp3) is 0.500. The average Bonchev–Trinajstić information content (AvgIpc) is 2.70. The number of nitrogens with one attached hydrogen (secondary N) is 1. The Morgan fingerprint density at radius 1 is 1.42 bits per heavy atom. The lowest BCUT2D eigenvalue weighted by molar-refractivity contribution is 0.0800. The Morgan fingerprint density at radius 3 is 2.84 bits per heavy atom. The maximum Gasteiger partial charge on any atom is 0.241 e. The molecule has 0 amide bonds. The van der Waals surface area contributed by atoms with Crippen LogP contribution in [0.4, 0.5) is 14.6 Å². The number of hydrogen-bond acceptors (Lipinski definition) is 3. The molecule has 0 aliphatic carbocycles. The van der Waals surface area contributed by atoms with Gasteiger partial charge in [0.15, 0.2) is 5.65 Å². The molecule has 0 aliphatic heterocycles. The maximum absolute atomic E-state index is 12.5. The van der Waals surface area contributed by atoms with Crippen LogP contribution in [-0.2, 0) is 0 Å². The van der Waals surface area contributed by atoms with Crippen molar-refractivity contribution in [3.63, 3.8) is 0 Å². The summed E-state index contributed by atoms with van der Waals surface area (Å²) in [5, 5.41) is 7.22. The van der Waals surface area contributed by atoms with Gasteiger partial charge in [-0.2, -0.15) is 5.10 Å². The first-order chi connectivity index (χ1) is 8.97. The van der Waals surface area contributed by atoms with Crippen LogP contribution in [0.1, 0.15) is 20.3 Å². The molecule has 1 N–H and O–H groups in total. The largest absolute Gasteiger partial charge is 0.367 e. The van der Waals surface area contributed by atoms with E-state index in [1.54, 1.807) is 29.9 Å². The Kier molecular flexibility index (Phi) is 4.34. The van der Waals surface area contributed by atoms with E-state index >= 15 is 0 Å². The zero-order valence-electron chi connectivity index (χ0n) is 10.6. The summed E-state index contributed by atoms with van der Waals surface area (Å²) in [5.41, 5.74) is 0.694. The Labute approximate surface area is 118 Å². The number of anilines is 1. The molecule has 2 rings (SSSR count). The first-order valence-electron chi connectivity index (χ1n) is 6.02. The normalized spacial score (nSPS) is 14.8. The summed E-state index contributed by atoms with van der Waals surface area (Å²) in [4.78, 5) is 4.38. The van der Waals surface area contributed by atoms with Crippen molar-refractivity contribution in [1.29, 1.82) is 0 Å². The van der Waals surface area contributed by atoms with E-state index in [0.717, 1.165) is 4.47 Å². The van der Waals surface area contributed by atoms with E-state index in [1.807, 2.05) is 6.92 Å². The number of fused-ring (bicyclic) bond motifs is 1. The highest BCUT2D eigenvalue weighted by atomic mass is 79.9. The molecule has 0 bridgehead atoms. The third-order valence-corrected chi connectivity index (χ3v) is 3.44. The molecule has 19 heavy (non-hydrogen) atoms. The molecule has 0 saturated carbocycles. The van der Waals surface area contributed by atoms with E-state index < -0.39 is 12.3 Å². The molecule has 4 nitrogen and oxygen atoms in total. The minimum atomic E-state index is -2.29. The number of aromatic nitrogens is 3. The zero-order valence-corrected chi connectivity index (χ0v) is 12.2. The van der Waals surface area contributed by atoms with Crippen LogP contribution in [0, 0.1) is 5.92 Å². The Hall–Kier alpha value is -1.24. The van der Waals surface area contributed by atoms with Crippen molar-refractivity contribution in [2.75, 3.05) is 5.32 Å². The predicted molar refractivity (Wildman–Crippen MR) is 73.6 cm³/mol. The molecule has 0 spiro atoms. The highest BCUT2D eigenvalue weighted by Gasteiger charge is 2.18. The van der Waals surface area contributed by atoms with Crippen LogP contribution in [0.5, 0.6) is 0 Å². The number of alkyl halides is 2. The van der Waals surface area contributed by atoms with Crippen LogP contribution in [0.3, 0.4) is 0 Å². The Balaban J connectivity index is 2.06. The molecule has 2 aromatic rings. The van der Waals surface area contributed by atoms with Gasteiger partial charge < -0.3 is 5.32 Å². The first kappa shape index (κ1) is 14.2. The molecular formula is C12H15BrF2N4. The van der Waals surface area contributed by atoms with Crippen molar-refractivity contribution in [2.24, 2.45) is 5.92 Å². The smallest absolute Gasteiger partial charge is 0.241 e. The van der Waals surface area contributed by atoms with Gasteiger partial charge in [-0.15, -0.1) is 0 Å². The van der Waals surface area contributed by atoms with Crippen molar-refractivity contribution in [3.05, 3.63) is 22.9 Å². The SMILES string of the molecule is CC(CC(C)C(F)F)Nc1ccn2ncc(Br)c2n1. The summed E-state index contributed by atoms with van der Waals surface area (Å²) in [6.45, 7) is 3.42. The van der Waals surface area contributed by atoms with Crippen molar-refractivity contribution in [3.8, 4) is 0 Å². The molecule has 2 atom stereocenters. The highest BCUT2D eigenvalue weighted by Crippen LogP contribution is 2.19. The molecular weight excluding hydrogens is 318 g/mol. The molecule has 2 unspecified atom stereocenters. The second-order valence-electron chi connectivity index (χ2n) is 4.67. The van der Waals surface area contributed by atoms with E-state index in [2.05, 4.69) is 31.3 Å². The highest BCUT2D eigenvalue weighted by molar-refractivity contribution is 9.10. The van der Waals surface area contributed by atoms with Crippen LogP contribution in [-0.4, -0.2) is 27.1 Å². The minimum Gasteiger partial charge on any atom is -0.367 e.